The van der Waals surface area contributed by atoms with E-state index in [1.165, 1.54) is 0 Å². The van der Waals surface area contributed by atoms with Crippen LogP contribution in [0, 0.1) is 0 Å². The van der Waals surface area contributed by atoms with Gasteiger partial charge in [-0.05, 0) is 18.2 Å². The minimum Gasteiger partial charge on any atom is -0.243 e. The predicted octanol–water partition coefficient (Wildman–Crippen LogP) is 2.49. The number of fused-ring (bicyclic) bond motifs is 3. The van der Waals surface area contributed by atoms with Crippen LogP contribution in [0.25, 0.3) is 16.7 Å². The number of hydrogen-bond donors (Lipinski definition) is 0. The fraction of sp³-hybridized carbons (Fsp3) is 0. The van der Waals surface area contributed by atoms with Crippen molar-refractivity contribution in [3.8, 4) is 0 Å². The molecule has 2 aromatic carbocycles. The van der Waals surface area contributed by atoms with Gasteiger partial charge in [0.15, 0.2) is 10.8 Å². The molecule has 0 saturated carbocycles. The maximum atomic E-state index is 12.3. The average molecular weight is 279 g/mol. The summed E-state index contributed by atoms with van der Waals surface area (Å²) < 4.78 is 14.3. The highest BCUT2D eigenvalue weighted by molar-refractivity contribution is 7.88. The normalized spacial score (nSPS) is 17.0. The molecule has 0 aliphatic carbocycles. The average Bonchev–Trinajstić information content (AvgIpc) is 2.86. The molecule has 0 N–H and O–H groups in total. The Morgan fingerprint density at radius 1 is 0.950 bits per heavy atom. The monoisotopic (exact) mass is 279 g/mol. The molecule has 20 heavy (non-hydrogen) atoms. The van der Waals surface area contributed by atoms with E-state index >= 15 is 0 Å². The zero-order chi connectivity index (χ0) is 13.5. The zero-order valence-electron chi connectivity index (χ0n) is 10.6. The maximum Gasteiger partial charge on any atom is 0.299 e. The van der Waals surface area contributed by atoms with Crippen LogP contribution in [0.4, 0.5) is 0 Å². The third kappa shape index (κ3) is 1.62. The van der Waals surface area contributed by atoms with Gasteiger partial charge in [-0.25, -0.2) is 9.19 Å². The van der Waals surface area contributed by atoms with Gasteiger partial charge in [-0.1, -0.05) is 30.3 Å². The highest BCUT2D eigenvalue weighted by atomic mass is 32.2. The van der Waals surface area contributed by atoms with Crippen LogP contribution in [0.2, 0.25) is 0 Å². The standard InChI is InChI=1S/C16H11N2OS/c19-20-11-15(12-6-2-1-3-7-12)18-14-9-5-4-8-13(14)17-10-16(18)20/h1-11H/q+1. The van der Waals surface area contributed by atoms with Crippen molar-refractivity contribution in [1.29, 1.82) is 0 Å². The summed E-state index contributed by atoms with van der Waals surface area (Å²) in [6.07, 6.45) is 1.70. The lowest BCUT2D eigenvalue weighted by molar-refractivity contribution is -0.590. The number of benzene rings is 2. The first kappa shape index (κ1) is 11.5. The lowest BCUT2D eigenvalue weighted by Crippen LogP contribution is -2.35. The first-order valence-electron chi connectivity index (χ1n) is 6.32. The van der Waals surface area contributed by atoms with Crippen molar-refractivity contribution in [2.24, 2.45) is 0 Å². The van der Waals surface area contributed by atoms with Gasteiger partial charge in [0, 0.05) is 11.6 Å². The van der Waals surface area contributed by atoms with Gasteiger partial charge in [0.25, 0.3) is 5.03 Å². The molecule has 1 atom stereocenters. The van der Waals surface area contributed by atoms with E-state index in [0.29, 0.717) is 0 Å². The molecule has 0 spiro atoms. The summed E-state index contributed by atoms with van der Waals surface area (Å²) in [6.45, 7) is 0. The summed E-state index contributed by atoms with van der Waals surface area (Å²) in [5.74, 6) is 0. The van der Waals surface area contributed by atoms with Gasteiger partial charge >= 0.3 is 0 Å². The van der Waals surface area contributed by atoms with Gasteiger partial charge < -0.3 is 0 Å². The molecule has 96 valence electrons. The summed E-state index contributed by atoms with van der Waals surface area (Å²) in [7, 11) is -1.15. The lowest BCUT2D eigenvalue weighted by atomic mass is 10.1. The molecule has 4 rings (SSSR count). The smallest absolute Gasteiger partial charge is 0.243 e. The molecule has 0 fully saturated rings. The molecule has 1 aliphatic rings. The molecule has 3 nitrogen and oxygen atoms in total. The summed E-state index contributed by atoms with van der Waals surface area (Å²) in [4.78, 5) is 4.38. The molecular formula is C16H11N2OS+. The summed E-state index contributed by atoms with van der Waals surface area (Å²) in [5.41, 5.74) is 3.89. The van der Waals surface area contributed by atoms with Crippen LogP contribution in [-0.4, -0.2) is 9.19 Å². The lowest BCUT2D eigenvalue weighted by Gasteiger charge is -2.02. The van der Waals surface area contributed by atoms with Gasteiger partial charge in [-0.15, -0.1) is 4.57 Å². The predicted molar refractivity (Wildman–Crippen MR) is 78.2 cm³/mol. The molecule has 2 heterocycles. The first-order chi connectivity index (χ1) is 9.84. The van der Waals surface area contributed by atoms with Crippen LogP contribution in [0.3, 0.4) is 0 Å². The Balaban J connectivity index is 2.06. The van der Waals surface area contributed by atoms with Crippen LogP contribution in [0.5, 0.6) is 0 Å². The van der Waals surface area contributed by atoms with E-state index in [2.05, 4.69) is 4.98 Å². The molecule has 1 unspecified atom stereocenters. The van der Waals surface area contributed by atoms with Crippen LogP contribution in [-0.2, 0) is 10.8 Å². The van der Waals surface area contributed by atoms with E-state index in [1.807, 2.05) is 59.2 Å². The second kappa shape index (κ2) is 4.35. The van der Waals surface area contributed by atoms with Gasteiger partial charge in [-0.2, -0.15) is 0 Å². The minimum atomic E-state index is -1.15. The SMILES string of the molecule is O=S1C=C(c2ccccc2)[n+]2c1cnc1ccccc12. The first-order valence-corrected chi connectivity index (χ1v) is 7.54. The van der Waals surface area contributed by atoms with Crippen LogP contribution >= 0.6 is 0 Å². The van der Waals surface area contributed by atoms with Gasteiger partial charge in [0.2, 0.25) is 11.2 Å². The third-order valence-electron chi connectivity index (χ3n) is 3.39. The van der Waals surface area contributed by atoms with Crippen LogP contribution in [0.15, 0.2) is 71.2 Å². The third-order valence-corrected chi connectivity index (χ3v) is 4.53. The molecule has 1 aliphatic heterocycles. The van der Waals surface area contributed by atoms with Gasteiger partial charge in [0.1, 0.15) is 11.7 Å². The summed E-state index contributed by atoms with van der Waals surface area (Å²) in [5, 5.41) is 2.52. The molecule has 4 heteroatoms. The van der Waals surface area contributed by atoms with E-state index in [9.17, 15) is 4.21 Å². The Hall–Kier alpha value is -2.33. The highest BCUT2D eigenvalue weighted by Gasteiger charge is 2.33. The number of para-hydroxylation sites is 2. The van der Waals surface area contributed by atoms with Crippen molar-refractivity contribution in [2.75, 3.05) is 0 Å². The second-order valence-corrected chi connectivity index (χ2v) is 5.84. The Morgan fingerprint density at radius 3 is 2.55 bits per heavy atom. The largest absolute Gasteiger partial charge is 0.299 e. The van der Waals surface area contributed by atoms with Crippen molar-refractivity contribution in [3.63, 3.8) is 0 Å². The number of nitrogens with zero attached hydrogens (tertiary/aromatic N) is 2. The Kier molecular flexibility index (Phi) is 2.50. The van der Waals surface area contributed by atoms with Crippen LogP contribution < -0.4 is 4.57 Å². The van der Waals surface area contributed by atoms with Crippen molar-refractivity contribution in [3.05, 3.63) is 71.8 Å². The molecule has 0 bridgehead atoms. The highest BCUT2D eigenvalue weighted by Crippen LogP contribution is 2.23. The van der Waals surface area contributed by atoms with Crippen LogP contribution in [0.1, 0.15) is 5.56 Å². The van der Waals surface area contributed by atoms with E-state index < -0.39 is 10.8 Å². The zero-order valence-corrected chi connectivity index (χ0v) is 11.4. The van der Waals surface area contributed by atoms with E-state index in [0.717, 1.165) is 27.3 Å². The maximum absolute atomic E-state index is 12.3. The Labute approximate surface area is 118 Å². The minimum absolute atomic E-state index is 0.725. The molecule has 1 aromatic heterocycles. The Bertz CT molecular complexity index is 872. The number of rotatable bonds is 1. The summed E-state index contributed by atoms with van der Waals surface area (Å²) >= 11 is 0. The fourth-order valence-electron chi connectivity index (χ4n) is 2.47. The second-order valence-electron chi connectivity index (χ2n) is 4.59. The molecular weight excluding hydrogens is 268 g/mol. The number of aromatic nitrogens is 2. The van der Waals surface area contributed by atoms with Crippen molar-refractivity contribution in [1.82, 2.24) is 4.98 Å². The van der Waals surface area contributed by atoms with E-state index in [-0.39, 0.29) is 0 Å². The number of hydrogen-bond acceptors (Lipinski definition) is 2. The quantitative estimate of drug-likeness (QED) is 0.641. The van der Waals surface area contributed by atoms with Crippen molar-refractivity contribution >= 4 is 27.5 Å². The van der Waals surface area contributed by atoms with E-state index in [1.54, 1.807) is 11.6 Å². The topological polar surface area (TPSA) is 33.8 Å². The summed E-state index contributed by atoms with van der Waals surface area (Å²) in [6, 6.07) is 17.9. The molecule has 0 saturated heterocycles. The van der Waals surface area contributed by atoms with Crippen molar-refractivity contribution < 1.29 is 8.78 Å². The van der Waals surface area contributed by atoms with Gasteiger partial charge in [-0.3, -0.25) is 0 Å². The van der Waals surface area contributed by atoms with E-state index in [4.69, 9.17) is 0 Å². The van der Waals surface area contributed by atoms with Crippen molar-refractivity contribution in [2.45, 2.75) is 5.03 Å². The Morgan fingerprint density at radius 2 is 1.70 bits per heavy atom. The van der Waals surface area contributed by atoms with Gasteiger partial charge in [0.05, 0.1) is 5.41 Å². The molecule has 0 amide bonds. The fourth-order valence-corrected chi connectivity index (χ4v) is 3.57. The molecule has 3 aromatic rings. The molecule has 0 radical (unpaired) electrons.